The van der Waals surface area contributed by atoms with E-state index in [-0.39, 0.29) is 12.2 Å². The van der Waals surface area contributed by atoms with E-state index in [0.717, 1.165) is 12.1 Å². The summed E-state index contributed by atoms with van der Waals surface area (Å²) in [6.45, 7) is 0.0226. The minimum absolute atomic E-state index is 0.0226. The second-order valence-electron chi connectivity index (χ2n) is 4.05. The van der Waals surface area contributed by atoms with Gasteiger partial charge in [-0.3, -0.25) is 10.1 Å². The molecule has 1 heterocycles. The number of hydrogen-bond acceptors (Lipinski definition) is 5. The highest BCUT2D eigenvalue weighted by molar-refractivity contribution is 5.57. The molecule has 0 aliphatic heterocycles. The lowest BCUT2D eigenvalue weighted by molar-refractivity contribution is -0.385. The molecule has 0 radical (unpaired) electrons. The van der Waals surface area contributed by atoms with Crippen molar-refractivity contribution < 1.29 is 18.1 Å². The molecule has 110 valence electrons. The van der Waals surface area contributed by atoms with E-state index in [2.05, 4.69) is 15.5 Å². The van der Waals surface area contributed by atoms with E-state index in [1.807, 2.05) is 0 Å². The van der Waals surface area contributed by atoms with Gasteiger partial charge in [-0.05, 0) is 18.2 Å². The maximum Gasteiger partial charge on any atom is 0.418 e. The standard InChI is InChI=1S/C12H9F3N4O2/c13-12(14,15)10-6-9(19(20)21)3-4-11(10)16-7-8-2-1-5-17-18-8/h1-6,16H,7H2. The molecule has 0 fully saturated rings. The summed E-state index contributed by atoms with van der Waals surface area (Å²) < 4.78 is 38.8. The van der Waals surface area contributed by atoms with Crippen molar-refractivity contribution in [3.63, 3.8) is 0 Å². The van der Waals surface area contributed by atoms with Crippen LogP contribution in [0, 0.1) is 10.1 Å². The number of nitrogens with zero attached hydrogens (tertiary/aromatic N) is 3. The van der Waals surface area contributed by atoms with Gasteiger partial charge in [-0.1, -0.05) is 0 Å². The highest BCUT2D eigenvalue weighted by Crippen LogP contribution is 2.37. The molecule has 0 spiro atoms. The van der Waals surface area contributed by atoms with Gasteiger partial charge in [0.1, 0.15) is 0 Å². The lowest BCUT2D eigenvalue weighted by Gasteiger charge is -2.14. The minimum Gasteiger partial charge on any atom is -0.379 e. The SMILES string of the molecule is O=[N+]([O-])c1ccc(NCc2cccnn2)c(C(F)(F)F)c1. The van der Waals surface area contributed by atoms with Crippen molar-refractivity contribution in [1.82, 2.24) is 10.2 Å². The fraction of sp³-hybridized carbons (Fsp3) is 0.167. The van der Waals surface area contributed by atoms with Gasteiger partial charge in [0.2, 0.25) is 0 Å². The molecular formula is C12H9F3N4O2. The highest BCUT2D eigenvalue weighted by Gasteiger charge is 2.35. The summed E-state index contributed by atoms with van der Waals surface area (Å²) in [5.74, 6) is 0. The number of halogens is 3. The summed E-state index contributed by atoms with van der Waals surface area (Å²) in [7, 11) is 0. The zero-order valence-electron chi connectivity index (χ0n) is 10.5. The molecule has 0 unspecified atom stereocenters. The molecular weight excluding hydrogens is 289 g/mol. The average Bonchev–Trinajstić information content (AvgIpc) is 2.45. The molecule has 2 aromatic rings. The Morgan fingerprint density at radius 1 is 1.29 bits per heavy atom. The molecule has 0 aliphatic carbocycles. The third-order valence-corrected chi connectivity index (χ3v) is 2.61. The quantitative estimate of drug-likeness (QED) is 0.693. The van der Waals surface area contributed by atoms with Crippen molar-refractivity contribution in [3.05, 3.63) is 57.9 Å². The number of alkyl halides is 3. The molecule has 1 N–H and O–H groups in total. The molecule has 9 heteroatoms. The van der Waals surface area contributed by atoms with Crippen molar-refractivity contribution in [2.24, 2.45) is 0 Å². The topological polar surface area (TPSA) is 81.0 Å². The molecule has 0 saturated carbocycles. The second-order valence-corrected chi connectivity index (χ2v) is 4.05. The summed E-state index contributed by atoms with van der Waals surface area (Å²) in [6.07, 6.45) is -3.26. The minimum atomic E-state index is -4.70. The van der Waals surface area contributed by atoms with Gasteiger partial charge in [0.15, 0.2) is 0 Å². The van der Waals surface area contributed by atoms with E-state index in [9.17, 15) is 23.3 Å². The van der Waals surface area contributed by atoms with Crippen LogP contribution in [0.5, 0.6) is 0 Å². The lowest BCUT2D eigenvalue weighted by Crippen LogP contribution is -2.12. The molecule has 6 nitrogen and oxygen atoms in total. The summed E-state index contributed by atoms with van der Waals surface area (Å²) in [6, 6.07) is 5.73. The number of nitro groups is 1. The molecule has 1 aromatic carbocycles. The van der Waals surface area contributed by atoms with Crippen molar-refractivity contribution in [2.75, 3.05) is 5.32 Å². The van der Waals surface area contributed by atoms with Crippen molar-refractivity contribution in [1.29, 1.82) is 0 Å². The number of nitro benzene ring substituents is 1. The van der Waals surface area contributed by atoms with Gasteiger partial charge in [-0.25, -0.2) is 0 Å². The Morgan fingerprint density at radius 3 is 2.62 bits per heavy atom. The fourth-order valence-corrected chi connectivity index (χ4v) is 1.65. The Bertz CT molecular complexity index is 647. The third kappa shape index (κ3) is 3.65. The normalized spacial score (nSPS) is 11.2. The maximum absolute atomic E-state index is 12.9. The Labute approximate surface area is 116 Å². The molecule has 0 saturated heterocycles. The fourth-order valence-electron chi connectivity index (χ4n) is 1.65. The van der Waals surface area contributed by atoms with Gasteiger partial charge >= 0.3 is 6.18 Å². The average molecular weight is 298 g/mol. The first-order chi connectivity index (χ1) is 9.88. The summed E-state index contributed by atoms with van der Waals surface area (Å²) >= 11 is 0. The Hall–Kier alpha value is -2.71. The van der Waals surface area contributed by atoms with Gasteiger partial charge in [0.05, 0.1) is 22.7 Å². The van der Waals surface area contributed by atoms with Crippen LogP contribution >= 0.6 is 0 Å². The van der Waals surface area contributed by atoms with E-state index in [4.69, 9.17) is 0 Å². The van der Waals surface area contributed by atoms with Crippen LogP contribution in [0.2, 0.25) is 0 Å². The largest absolute Gasteiger partial charge is 0.418 e. The molecule has 21 heavy (non-hydrogen) atoms. The number of benzene rings is 1. The number of nitrogens with one attached hydrogen (secondary N) is 1. The summed E-state index contributed by atoms with van der Waals surface area (Å²) in [5.41, 5.74) is -1.52. The zero-order chi connectivity index (χ0) is 15.5. The van der Waals surface area contributed by atoms with Crippen molar-refractivity contribution in [3.8, 4) is 0 Å². The van der Waals surface area contributed by atoms with Crippen LogP contribution in [-0.2, 0) is 12.7 Å². The van der Waals surface area contributed by atoms with Crippen LogP contribution in [0.25, 0.3) is 0 Å². The smallest absolute Gasteiger partial charge is 0.379 e. The first-order valence-electron chi connectivity index (χ1n) is 5.74. The Morgan fingerprint density at radius 2 is 2.05 bits per heavy atom. The molecule has 0 aliphatic rings. The first-order valence-corrected chi connectivity index (χ1v) is 5.74. The van der Waals surface area contributed by atoms with E-state index >= 15 is 0 Å². The van der Waals surface area contributed by atoms with E-state index in [1.165, 1.54) is 6.20 Å². The van der Waals surface area contributed by atoms with E-state index < -0.39 is 22.4 Å². The van der Waals surface area contributed by atoms with Crippen LogP contribution in [0.3, 0.4) is 0 Å². The lowest BCUT2D eigenvalue weighted by atomic mass is 10.1. The van der Waals surface area contributed by atoms with Crippen molar-refractivity contribution in [2.45, 2.75) is 12.7 Å². The molecule has 1 aromatic heterocycles. The van der Waals surface area contributed by atoms with Crippen LogP contribution in [0.15, 0.2) is 36.5 Å². The predicted molar refractivity (Wildman–Crippen MR) is 67.5 cm³/mol. The maximum atomic E-state index is 12.9. The highest BCUT2D eigenvalue weighted by atomic mass is 19.4. The van der Waals surface area contributed by atoms with Gasteiger partial charge in [-0.15, -0.1) is 0 Å². The molecule has 0 amide bonds. The Kier molecular flexibility index (Phi) is 4.01. The number of hydrogen-bond donors (Lipinski definition) is 1. The zero-order valence-corrected chi connectivity index (χ0v) is 10.5. The number of anilines is 1. The van der Waals surface area contributed by atoms with Crippen LogP contribution < -0.4 is 5.32 Å². The van der Waals surface area contributed by atoms with Crippen LogP contribution in [0.4, 0.5) is 24.5 Å². The van der Waals surface area contributed by atoms with E-state index in [1.54, 1.807) is 12.1 Å². The van der Waals surface area contributed by atoms with Crippen LogP contribution in [0.1, 0.15) is 11.3 Å². The number of rotatable bonds is 4. The third-order valence-electron chi connectivity index (χ3n) is 2.61. The Balaban J connectivity index is 2.28. The molecule has 2 rings (SSSR count). The van der Waals surface area contributed by atoms with Crippen molar-refractivity contribution >= 4 is 11.4 Å². The van der Waals surface area contributed by atoms with E-state index in [0.29, 0.717) is 11.8 Å². The predicted octanol–water partition coefficient (Wildman–Crippen LogP) is 3.02. The number of aromatic nitrogens is 2. The first kappa shape index (κ1) is 14.7. The van der Waals surface area contributed by atoms with Gasteiger partial charge in [-0.2, -0.15) is 23.4 Å². The summed E-state index contributed by atoms with van der Waals surface area (Å²) in [5, 5.41) is 20.5. The summed E-state index contributed by atoms with van der Waals surface area (Å²) in [4.78, 5) is 9.70. The second kappa shape index (κ2) is 5.73. The monoisotopic (exact) mass is 298 g/mol. The number of non-ortho nitro benzene ring substituents is 1. The van der Waals surface area contributed by atoms with Gasteiger partial charge < -0.3 is 5.32 Å². The molecule has 0 bridgehead atoms. The molecule has 0 atom stereocenters. The van der Waals surface area contributed by atoms with Crippen LogP contribution in [-0.4, -0.2) is 15.1 Å². The van der Waals surface area contributed by atoms with Gasteiger partial charge in [0.25, 0.3) is 5.69 Å². The van der Waals surface area contributed by atoms with Gasteiger partial charge in [0, 0.05) is 24.0 Å².